The molecule has 1 aromatic heterocycles. The number of para-hydroxylation sites is 1. The third-order valence-electron chi connectivity index (χ3n) is 7.29. The standard InChI is InChI=1S/C36H41FN2O5/c1-23(2)34-33(36(43)38-28-13-9-6-10-14-28)32(25-11-7-5-8-12-25)35(26-15-17-27(37)18-16-26)39(34)20-19-29(40)21-30(41)22-31(42)44-24(3)4/h5-18,23-24,29-30,40-41H,19-22H2,1-4H3,(H,38,43)/t29-,30?/m1/s1. The van der Waals surface area contributed by atoms with Gasteiger partial charge in [-0.15, -0.1) is 0 Å². The van der Waals surface area contributed by atoms with Crippen LogP contribution in [-0.2, 0) is 16.1 Å². The van der Waals surface area contributed by atoms with Gasteiger partial charge >= 0.3 is 5.97 Å². The van der Waals surface area contributed by atoms with Gasteiger partial charge in [0.15, 0.2) is 0 Å². The highest BCUT2D eigenvalue weighted by atomic mass is 19.1. The number of carbonyl (C=O) groups excluding carboxylic acids is 2. The second kappa shape index (κ2) is 14.9. The van der Waals surface area contributed by atoms with Crippen LogP contribution in [-0.4, -0.2) is 45.0 Å². The topological polar surface area (TPSA) is 101 Å². The molecule has 7 nitrogen and oxygen atoms in total. The minimum Gasteiger partial charge on any atom is -0.463 e. The number of halogens is 1. The summed E-state index contributed by atoms with van der Waals surface area (Å²) in [4.78, 5) is 26.1. The van der Waals surface area contributed by atoms with Crippen molar-refractivity contribution >= 4 is 17.6 Å². The fourth-order valence-electron chi connectivity index (χ4n) is 5.50. The minimum absolute atomic E-state index is 0.00967. The van der Waals surface area contributed by atoms with E-state index in [-0.39, 0.29) is 43.0 Å². The van der Waals surface area contributed by atoms with Crippen molar-refractivity contribution in [2.24, 2.45) is 0 Å². The molecule has 1 heterocycles. The summed E-state index contributed by atoms with van der Waals surface area (Å²) in [6, 6.07) is 25.0. The van der Waals surface area contributed by atoms with Gasteiger partial charge in [0, 0.05) is 23.5 Å². The zero-order chi connectivity index (χ0) is 31.8. The van der Waals surface area contributed by atoms with E-state index < -0.39 is 18.2 Å². The van der Waals surface area contributed by atoms with E-state index in [4.69, 9.17) is 4.74 Å². The Kier molecular flexibility index (Phi) is 11.1. The molecule has 1 amide bonds. The highest BCUT2D eigenvalue weighted by molar-refractivity contribution is 6.12. The number of hydrogen-bond donors (Lipinski definition) is 3. The molecule has 0 fully saturated rings. The number of aliphatic hydroxyl groups is 2. The van der Waals surface area contributed by atoms with Gasteiger partial charge in [-0.25, -0.2) is 4.39 Å². The molecule has 0 aliphatic carbocycles. The number of amides is 1. The molecular formula is C36H41FN2O5. The number of esters is 1. The highest BCUT2D eigenvalue weighted by Crippen LogP contribution is 2.42. The molecule has 4 aromatic rings. The minimum atomic E-state index is -1.06. The first-order valence-corrected chi connectivity index (χ1v) is 15.0. The Morgan fingerprint density at radius 2 is 1.45 bits per heavy atom. The van der Waals surface area contributed by atoms with Crippen molar-refractivity contribution < 1.29 is 28.9 Å². The average molecular weight is 601 g/mol. The Labute approximate surface area is 258 Å². The third kappa shape index (κ3) is 8.21. The van der Waals surface area contributed by atoms with Crippen LogP contribution in [0.1, 0.15) is 68.9 Å². The molecule has 0 aliphatic rings. The Balaban J connectivity index is 1.80. The van der Waals surface area contributed by atoms with E-state index in [1.54, 1.807) is 26.0 Å². The van der Waals surface area contributed by atoms with Crippen molar-refractivity contribution in [1.29, 1.82) is 0 Å². The summed E-state index contributed by atoms with van der Waals surface area (Å²) in [5.41, 5.74) is 4.90. The molecule has 3 N–H and O–H groups in total. The second-order valence-electron chi connectivity index (χ2n) is 11.6. The summed E-state index contributed by atoms with van der Waals surface area (Å²) in [7, 11) is 0. The summed E-state index contributed by atoms with van der Waals surface area (Å²) in [6.45, 7) is 7.80. The smallest absolute Gasteiger partial charge is 0.308 e. The lowest BCUT2D eigenvalue weighted by Gasteiger charge is -2.20. The molecular weight excluding hydrogens is 559 g/mol. The van der Waals surface area contributed by atoms with E-state index in [1.807, 2.05) is 79.1 Å². The maximum absolute atomic E-state index is 14.1. The quantitative estimate of drug-likeness (QED) is 0.141. The molecule has 0 saturated carbocycles. The molecule has 0 spiro atoms. The SMILES string of the molecule is CC(C)OC(=O)CC(O)C[C@H](O)CCn1c(-c2ccc(F)cc2)c(-c2ccccc2)c(C(=O)Nc2ccccc2)c1C(C)C. The van der Waals surface area contributed by atoms with Gasteiger partial charge in [-0.05, 0) is 80.1 Å². The molecule has 0 radical (unpaired) electrons. The fourth-order valence-corrected chi connectivity index (χ4v) is 5.50. The first-order valence-electron chi connectivity index (χ1n) is 15.0. The molecule has 3 aromatic carbocycles. The van der Waals surface area contributed by atoms with Crippen LogP contribution in [0.2, 0.25) is 0 Å². The number of anilines is 1. The van der Waals surface area contributed by atoms with E-state index in [0.29, 0.717) is 23.4 Å². The number of aliphatic hydroxyl groups excluding tert-OH is 2. The lowest BCUT2D eigenvalue weighted by Crippen LogP contribution is -2.24. The third-order valence-corrected chi connectivity index (χ3v) is 7.29. The van der Waals surface area contributed by atoms with Crippen molar-refractivity contribution in [3.63, 3.8) is 0 Å². The van der Waals surface area contributed by atoms with E-state index in [1.165, 1.54) is 12.1 Å². The summed E-state index contributed by atoms with van der Waals surface area (Å²) in [6.07, 6.45) is -2.26. The summed E-state index contributed by atoms with van der Waals surface area (Å²) in [5.74, 6) is -1.27. The van der Waals surface area contributed by atoms with Crippen LogP contribution in [0.5, 0.6) is 0 Å². The number of aromatic nitrogens is 1. The molecule has 0 saturated heterocycles. The molecule has 2 atom stereocenters. The van der Waals surface area contributed by atoms with Crippen LogP contribution in [0, 0.1) is 5.82 Å². The molecule has 0 aliphatic heterocycles. The maximum Gasteiger partial charge on any atom is 0.308 e. The lowest BCUT2D eigenvalue weighted by molar-refractivity contribution is -0.149. The predicted octanol–water partition coefficient (Wildman–Crippen LogP) is 7.18. The number of nitrogens with one attached hydrogen (secondary N) is 1. The normalized spacial score (nSPS) is 12.8. The van der Waals surface area contributed by atoms with Gasteiger partial charge in [0.1, 0.15) is 5.82 Å². The van der Waals surface area contributed by atoms with E-state index >= 15 is 0 Å². The van der Waals surface area contributed by atoms with Crippen LogP contribution in [0.15, 0.2) is 84.9 Å². The van der Waals surface area contributed by atoms with Gasteiger partial charge in [0.25, 0.3) is 5.91 Å². The number of hydrogen-bond acceptors (Lipinski definition) is 5. The van der Waals surface area contributed by atoms with Crippen molar-refractivity contribution in [2.45, 2.75) is 77.7 Å². The van der Waals surface area contributed by atoms with Crippen molar-refractivity contribution in [2.75, 3.05) is 5.32 Å². The van der Waals surface area contributed by atoms with Gasteiger partial charge in [-0.1, -0.05) is 62.4 Å². The maximum atomic E-state index is 14.1. The number of rotatable bonds is 13. The van der Waals surface area contributed by atoms with E-state index in [9.17, 15) is 24.2 Å². The number of ether oxygens (including phenoxy) is 1. The summed E-state index contributed by atoms with van der Waals surface area (Å²) >= 11 is 0. The Hall–Kier alpha value is -4.27. The van der Waals surface area contributed by atoms with Crippen molar-refractivity contribution in [1.82, 2.24) is 4.57 Å². The first-order chi connectivity index (χ1) is 21.0. The van der Waals surface area contributed by atoms with E-state index in [0.717, 1.165) is 22.5 Å². The molecule has 1 unspecified atom stereocenters. The fraction of sp³-hybridized carbons (Fsp3) is 0.333. The molecule has 232 valence electrons. The van der Waals surface area contributed by atoms with E-state index in [2.05, 4.69) is 5.32 Å². The largest absolute Gasteiger partial charge is 0.463 e. The van der Waals surface area contributed by atoms with Crippen LogP contribution >= 0.6 is 0 Å². The summed E-state index contributed by atoms with van der Waals surface area (Å²) in [5, 5.41) is 24.4. The summed E-state index contributed by atoms with van der Waals surface area (Å²) < 4.78 is 21.2. The first kappa shape index (κ1) is 32.6. The zero-order valence-electron chi connectivity index (χ0n) is 25.7. The molecule has 8 heteroatoms. The highest BCUT2D eigenvalue weighted by Gasteiger charge is 2.31. The Morgan fingerprint density at radius 3 is 2.05 bits per heavy atom. The Morgan fingerprint density at radius 1 is 0.841 bits per heavy atom. The van der Waals surface area contributed by atoms with Gasteiger partial charge in [-0.2, -0.15) is 0 Å². The predicted molar refractivity (Wildman–Crippen MR) is 171 cm³/mol. The van der Waals surface area contributed by atoms with Gasteiger partial charge < -0.3 is 24.8 Å². The number of benzene rings is 3. The van der Waals surface area contributed by atoms with Crippen LogP contribution < -0.4 is 5.32 Å². The average Bonchev–Trinajstić information content (AvgIpc) is 3.32. The Bertz CT molecular complexity index is 1530. The van der Waals surface area contributed by atoms with Crippen molar-refractivity contribution in [3.05, 3.63) is 102 Å². The van der Waals surface area contributed by atoms with Gasteiger partial charge in [0.2, 0.25) is 0 Å². The zero-order valence-corrected chi connectivity index (χ0v) is 25.7. The van der Waals surface area contributed by atoms with Crippen LogP contribution in [0.4, 0.5) is 10.1 Å². The molecule has 4 rings (SSSR count). The monoisotopic (exact) mass is 600 g/mol. The second-order valence-corrected chi connectivity index (χ2v) is 11.6. The molecule has 44 heavy (non-hydrogen) atoms. The molecule has 0 bridgehead atoms. The number of carbonyl (C=O) groups is 2. The van der Waals surface area contributed by atoms with Crippen molar-refractivity contribution in [3.8, 4) is 22.4 Å². The van der Waals surface area contributed by atoms with Crippen LogP contribution in [0.25, 0.3) is 22.4 Å². The lowest BCUT2D eigenvalue weighted by atomic mass is 9.94. The van der Waals surface area contributed by atoms with Gasteiger partial charge in [-0.3, -0.25) is 9.59 Å². The van der Waals surface area contributed by atoms with Gasteiger partial charge in [0.05, 0.1) is 36.0 Å². The number of nitrogens with zero attached hydrogens (tertiary/aromatic N) is 1. The van der Waals surface area contributed by atoms with Crippen LogP contribution in [0.3, 0.4) is 0 Å².